The summed E-state index contributed by atoms with van der Waals surface area (Å²) in [6.07, 6.45) is 0.783. The Balaban J connectivity index is 0.00000217. The Labute approximate surface area is 213 Å². The van der Waals surface area contributed by atoms with E-state index in [1.54, 1.807) is 37.3 Å². The van der Waals surface area contributed by atoms with Gasteiger partial charge >= 0.3 is 6.18 Å². The molecule has 200 valence electrons. The van der Waals surface area contributed by atoms with Crippen molar-refractivity contribution in [1.29, 1.82) is 0 Å². The monoisotopic (exact) mass is 518 g/mol. The van der Waals surface area contributed by atoms with E-state index < -0.39 is 40.2 Å². The van der Waals surface area contributed by atoms with Gasteiger partial charge in [0.15, 0.2) is 0 Å². The Morgan fingerprint density at radius 1 is 1.19 bits per heavy atom. The van der Waals surface area contributed by atoms with E-state index in [0.717, 1.165) is 10.1 Å². The molecular formula is C27H33F3N4O3. The van der Waals surface area contributed by atoms with Crippen molar-refractivity contribution in [3.63, 3.8) is 0 Å². The van der Waals surface area contributed by atoms with Crippen molar-refractivity contribution < 1.29 is 18.0 Å². The van der Waals surface area contributed by atoms with Crippen LogP contribution in [0.3, 0.4) is 0 Å². The SMILES string of the molecule is C=C/C=C\C(=NC(C)=O)/C(C)=c1\[nH]c(=O)/c(=C(\N)C(F)(F)F)c(=O)n1[C@H](C)Cc1ccccc1.CCC. The largest absolute Gasteiger partial charge is 0.431 e. The summed E-state index contributed by atoms with van der Waals surface area (Å²) in [5.74, 6) is -0.553. The average Bonchev–Trinajstić information content (AvgIpc) is 2.81. The molecule has 7 nitrogen and oxygen atoms in total. The van der Waals surface area contributed by atoms with Gasteiger partial charge in [0.2, 0.25) is 5.91 Å². The number of alkyl halides is 3. The Morgan fingerprint density at radius 2 is 1.76 bits per heavy atom. The molecule has 0 unspecified atom stereocenters. The van der Waals surface area contributed by atoms with Gasteiger partial charge in [-0.3, -0.25) is 19.0 Å². The van der Waals surface area contributed by atoms with Crippen LogP contribution in [0.2, 0.25) is 0 Å². The van der Waals surface area contributed by atoms with Gasteiger partial charge in [-0.05, 0) is 31.9 Å². The summed E-state index contributed by atoms with van der Waals surface area (Å²) >= 11 is 0. The number of aromatic nitrogens is 2. The lowest BCUT2D eigenvalue weighted by Crippen LogP contribution is -2.58. The summed E-state index contributed by atoms with van der Waals surface area (Å²) in [4.78, 5) is 43.8. The van der Waals surface area contributed by atoms with Gasteiger partial charge in [0.1, 0.15) is 16.4 Å². The van der Waals surface area contributed by atoms with Crippen molar-refractivity contribution in [2.24, 2.45) is 10.7 Å². The minimum Gasteiger partial charge on any atom is -0.394 e. The molecule has 0 bridgehead atoms. The van der Waals surface area contributed by atoms with Crippen LogP contribution in [0.15, 0.2) is 69.7 Å². The van der Waals surface area contributed by atoms with E-state index >= 15 is 0 Å². The zero-order valence-electron chi connectivity index (χ0n) is 21.6. The molecule has 1 aromatic carbocycles. The number of allylic oxidation sites excluding steroid dienone is 3. The van der Waals surface area contributed by atoms with Crippen LogP contribution in [-0.2, 0) is 11.2 Å². The Morgan fingerprint density at radius 3 is 2.24 bits per heavy atom. The number of amides is 1. The molecule has 1 heterocycles. The summed E-state index contributed by atoms with van der Waals surface area (Å²) in [6.45, 7) is 12.1. The van der Waals surface area contributed by atoms with Gasteiger partial charge in [0.25, 0.3) is 11.1 Å². The predicted octanol–water partition coefficient (Wildman–Crippen LogP) is 3.29. The fourth-order valence-electron chi connectivity index (χ4n) is 3.37. The third kappa shape index (κ3) is 8.59. The molecule has 1 amide bonds. The topological polar surface area (TPSA) is 110 Å². The van der Waals surface area contributed by atoms with Crippen LogP contribution < -0.4 is 27.6 Å². The van der Waals surface area contributed by atoms with E-state index in [1.165, 1.54) is 38.5 Å². The van der Waals surface area contributed by atoms with E-state index in [9.17, 15) is 27.6 Å². The zero-order chi connectivity index (χ0) is 28.3. The first kappa shape index (κ1) is 31.1. The number of carbonyl (C=O) groups excluding carboxylic acids is 1. The quantitative estimate of drug-likeness (QED) is 0.452. The zero-order valence-corrected chi connectivity index (χ0v) is 21.6. The number of nitrogens with two attached hydrogens (primary N) is 1. The molecule has 3 N–H and O–H groups in total. The molecule has 0 spiro atoms. The van der Waals surface area contributed by atoms with Crippen LogP contribution in [0.1, 0.15) is 52.6 Å². The van der Waals surface area contributed by atoms with Gasteiger partial charge in [-0.25, -0.2) is 4.99 Å². The standard InChI is InChI=1S/C24H25F3N4O3.C3H8/c1-5-6-12-18(29-16(4)32)15(3)21-30-22(33)19(20(28)24(25,26)27)23(34)31(21)14(2)13-17-10-8-7-9-11-17;1-3-2/h5-12,14H,1,13,28H2,2-4H3,(H,30,33);3H2,1-2H3/b12-6-,20-19+,21-15+,29-18?;/t14-;/m1./s1. The molecule has 0 aliphatic heterocycles. The highest BCUT2D eigenvalue weighted by atomic mass is 19.4. The Bertz CT molecular complexity index is 1400. The molecule has 0 aliphatic rings. The number of nitrogens with zero attached hydrogens (tertiary/aromatic N) is 2. The van der Waals surface area contributed by atoms with Crippen LogP contribution in [0.4, 0.5) is 13.2 Å². The highest BCUT2D eigenvalue weighted by molar-refractivity contribution is 6.26. The van der Waals surface area contributed by atoms with Gasteiger partial charge in [-0.1, -0.05) is 69.3 Å². The molecule has 1 aromatic heterocycles. The molecule has 0 aliphatic carbocycles. The number of aromatic amines is 1. The highest BCUT2D eigenvalue weighted by Gasteiger charge is 2.34. The fourth-order valence-corrected chi connectivity index (χ4v) is 3.37. The normalized spacial score (nSPS) is 14.4. The maximum absolute atomic E-state index is 13.3. The second kappa shape index (κ2) is 14.0. The number of hydrogen-bond acceptors (Lipinski definition) is 4. The van der Waals surface area contributed by atoms with Crippen molar-refractivity contribution in [3.05, 3.63) is 92.1 Å². The fraction of sp³-hybridized carbons (Fsp3) is 0.333. The lowest BCUT2D eigenvalue weighted by molar-refractivity contribution is -0.115. The molecule has 0 fully saturated rings. The van der Waals surface area contributed by atoms with Crippen molar-refractivity contribution in [1.82, 2.24) is 9.55 Å². The summed E-state index contributed by atoms with van der Waals surface area (Å²) in [7, 11) is 0. The third-order valence-corrected chi connectivity index (χ3v) is 4.93. The first-order valence-electron chi connectivity index (χ1n) is 11.6. The number of nitrogens with one attached hydrogen (secondary N) is 1. The Kier molecular flexibility index (Phi) is 11.7. The Hall–Kier alpha value is -3.95. The van der Waals surface area contributed by atoms with Crippen molar-refractivity contribution in [3.8, 4) is 0 Å². The van der Waals surface area contributed by atoms with Gasteiger partial charge in [0.05, 0.1) is 5.71 Å². The number of carbonyl (C=O) groups is 1. The summed E-state index contributed by atoms with van der Waals surface area (Å²) in [5.41, 5.74) is 1.91. The van der Waals surface area contributed by atoms with Crippen molar-refractivity contribution in [2.45, 2.75) is 59.7 Å². The number of aliphatic imine (C=N–C) groups is 1. The molecule has 0 saturated heterocycles. The smallest absolute Gasteiger partial charge is 0.394 e. The van der Waals surface area contributed by atoms with E-state index in [4.69, 9.17) is 5.73 Å². The van der Waals surface area contributed by atoms with Crippen LogP contribution in [-0.4, -0.2) is 27.3 Å². The minimum atomic E-state index is -5.08. The number of halogens is 3. The molecule has 2 rings (SSSR count). The molecule has 10 heteroatoms. The first-order valence-corrected chi connectivity index (χ1v) is 11.6. The molecule has 0 radical (unpaired) electrons. The van der Waals surface area contributed by atoms with Crippen molar-refractivity contribution in [2.75, 3.05) is 0 Å². The molecule has 37 heavy (non-hydrogen) atoms. The van der Waals surface area contributed by atoms with E-state index in [1.807, 2.05) is 0 Å². The van der Waals surface area contributed by atoms with Crippen LogP contribution >= 0.6 is 0 Å². The minimum absolute atomic E-state index is 0.0918. The molecule has 0 saturated carbocycles. The van der Waals surface area contributed by atoms with E-state index in [-0.39, 0.29) is 23.2 Å². The number of H-pyrrole nitrogens is 1. The number of rotatable bonds is 6. The maximum Gasteiger partial charge on any atom is 0.431 e. The molecule has 1 atom stereocenters. The van der Waals surface area contributed by atoms with Crippen LogP contribution in [0.25, 0.3) is 11.3 Å². The third-order valence-electron chi connectivity index (χ3n) is 4.93. The van der Waals surface area contributed by atoms with Crippen LogP contribution in [0, 0.1) is 0 Å². The second-order valence-corrected chi connectivity index (χ2v) is 8.25. The number of benzene rings is 1. The summed E-state index contributed by atoms with van der Waals surface area (Å²) in [6, 6.07) is 8.28. The lowest BCUT2D eigenvalue weighted by atomic mass is 10.1. The summed E-state index contributed by atoms with van der Waals surface area (Å²) < 4.78 is 40.9. The predicted molar refractivity (Wildman–Crippen MR) is 142 cm³/mol. The molecule has 2 aromatic rings. The van der Waals surface area contributed by atoms with E-state index in [2.05, 4.69) is 30.4 Å². The van der Waals surface area contributed by atoms with Crippen LogP contribution in [0.5, 0.6) is 0 Å². The number of hydrogen-bond donors (Lipinski definition) is 2. The summed E-state index contributed by atoms with van der Waals surface area (Å²) in [5, 5.41) is -1.20. The van der Waals surface area contributed by atoms with Crippen molar-refractivity contribution >= 4 is 22.9 Å². The lowest BCUT2D eigenvalue weighted by Gasteiger charge is -2.18. The molecular weight excluding hydrogens is 485 g/mol. The maximum atomic E-state index is 13.3. The first-order chi connectivity index (χ1) is 17.3. The highest BCUT2D eigenvalue weighted by Crippen LogP contribution is 2.20. The average molecular weight is 519 g/mol. The van der Waals surface area contributed by atoms with Gasteiger partial charge < -0.3 is 10.7 Å². The van der Waals surface area contributed by atoms with Gasteiger partial charge in [-0.2, -0.15) is 13.2 Å². The van der Waals surface area contributed by atoms with Gasteiger partial charge in [0, 0.05) is 18.5 Å². The second-order valence-electron chi connectivity index (χ2n) is 8.25. The van der Waals surface area contributed by atoms with E-state index in [0.29, 0.717) is 0 Å². The van der Waals surface area contributed by atoms with Gasteiger partial charge in [-0.15, -0.1) is 0 Å².